The Hall–Kier alpha value is -2.54. The molecule has 0 aliphatic rings. The third-order valence-corrected chi connectivity index (χ3v) is 2.63. The quantitative estimate of drug-likeness (QED) is 0.688. The Morgan fingerprint density at radius 2 is 1.55 bits per heavy atom. The fraction of sp³-hybridized carbons (Fsp3) is 0.133. The van der Waals surface area contributed by atoms with Crippen LogP contribution in [0.2, 0.25) is 0 Å². The smallest absolute Gasteiger partial charge is 0.260 e. The molecule has 4 nitrogen and oxygen atoms in total. The van der Waals surface area contributed by atoms with Crippen LogP contribution in [0.4, 0.5) is 23.7 Å². The van der Waals surface area contributed by atoms with E-state index in [0.717, 1.165) is 10.9 Å². The number of nitrogens with one attached hydrogen (secondary N) is 1. The van der Waals surface area contributed by atoms with Crippen molar-refractivity contribution in [3.8, 4) is 0 Å². The monoisotopic (exact) mass is 310 g/mol. The molecule has 0 saturated carbocycles. The lowest BCUT2D eigenvalue weighted by molar-refractivity contribution is -0.146. The maximum absolute atomic E-state index is 12.3. The Balaban J connectivity index is 2.13. The van der Waals surface area contributed by atoms with Gasteiger partial charge in [0.2, 0.25) is 0 Å². The number of hydrogen-bond donors (Lipinski definition) is 1. The highest BCUT2D eigenvalue weighted by Gasteiger charge is 2.33. The molecule has 0 aliphatic heterocycles. The Morgan fingerprint density at radius 1 is 1.00 bits per heavy atom. The van der Waals surface area contributed by atoms with Crippen LogP contribution in [-0.4, -0.2) is 12.3 Å². The van der Waals surface area contributed by atoms with Gasteiger partial charge in [-0.1, -0.05) is 48.5 Å². The van der Waals surface area contributed by atoms with Gasteiger partial charge in [-0.25, -0.2) is 10.1 Å². The summed E-state index contributed by atoms with van der Waals surface area (Å²) in [6.07, 6.45) is -4.83. The average molecular weight is 310 g/mol. The second-order valence-corrected chi connectivity index (χ2v) is 4.32. The van der Waals surface area contributed by atoms with Gasteiger partial charge in [0, 0.05) is 0 Å². The SMILES string of the molecule is O=C(NC(F)(F)F)N(OCc1ccccc1)c1ccccc1. The Bertz CT molecular complexity index is 603. The molecule has 0 aromatic heterocycles. The van der Waals surface area contributed by atoms with Crippen molar-refractivity contribution in [2.45, 2.75) is 12.9 Å². The number of alkyl halides is 3. The van der Waals surface area contributed by atoms with Gasteiger partial charge in [-0.05, 0) is 17.7 Å². The number of urea groups is 1. The first kappa shape index (κ1) is 15.8. The molecular formula is C15H13F3N2O2. The topological polar surface area (TPSA) is 41.6 Å². The maximum atomic E-state index is 12.3. The highest BCUT2D eigenvalue weighted by Crippen LogP contribution is 2.18. The summed E-state index contributed by atoms with van der Waals surface area (Å²) in [5, 5.41) is 1.50. The van der Waals surface area contributed by atoms with Crippen molar-refractivity contribution in [1.29, 1.82) is 0 Å². The second kappa shape index (κ2) is 6.95. The van der Waals surface area contributed by atoms with Crippen molar-refractivity contribution in [2.75, 3.05) is 5.06 Å². The normalized spacial score (nSPS) is 11.0. The Morgan fingerprint density at radius 3 is 2.09 bits per heavy atom. The number of carbonyl (C=O) groups excluding carboxylic acids is 1. The van der Waals surface area contributed by atoms with Crippen LogP contribution in [0.15, 0.2) is 60.7 Å². The van der Waals surface area contributed by atoms with Crippen molar-refractivity contribution >= 4 is 11.7 Å². The van der Waals surface area contributed by atoms with Crippen molar-refractivity contribution < 1.29 is 22.8 Å². The number of para-hydroxylation sites is 1. The summed E-state index contributed by atoms with van der Waals surface area (Å²) in [6.45, 7) is -0.0407. The van der Waals surface area contributed by atoms with Gasteiger partial charge in [-0.15, -0.1) is 0 Å². The van der Waals surface area contributed by atoms with Gasteiger partial charge in [0.05, 0.1) is 5.69 Å². The summed E-state index contributed by atoms with van der Waals surface area (Å²) in [6, 6.07) is 15.2. The number of carbonyl (C=O) groups is 1. The summed E-state index contributed by atoms with van der Waals surface area (Å²) in [5.41, 5.74) is 0.920. The number of hydrogen-bond acceptors (Lipinski definition) is 2. The number of hydroxylamine groups is 1. The molecule has 0 spiro atoms. The molecular weight excluding hydrogens is 297 g/mol. The highest BCUT2D eigenvalue weighted by atomic mass is 19.4. The van der Waals surface area contributed by atoms with Crippen LogP contribution in [0.5, 0.6) is 0 Å². The molecule has 0 atom stereocenters. The van der Waals surface area contributed by atoms with Crippen molar-refractivity contribution in [3.05, 3.63) is 66.2 Å². The van der Waals surface area contributed by atoms with Gasteiger partial charge in [-0.2, -0.15) is 18.2 Å². The van der Waals surface area contributed by atoms with E-state index >= 15 is 0 Å². The average Bonchev–Trinajstić information content (AvgIpc) is 2.48. The van der Waals surface area contributed by atoms with E-state index in [0.29, 0.717) is 5.06 Å². The highest BCUT2D eigenvalue weighted by molar-refractivity contribution is 5.90. The molecule has 0 heterocycles. The van der Waals surface area contributed by atoms with E-state index in [4.69, 9.17) is 4.84 Å². The summed E-state index contributed by atoms with van der Waals surface area (Å²) in [4.78, 5) is 17.0. The van der Waals surface area contributed by atoms with E-state index in [1.165, 1.54) is 12.1 Å². The minimum atomic E-state index is -4.83. The van der Waals surface area contributed by atoms with Crippen molar-refractivity contribution in [2.24, 2.45) is 0 Å². The van der Waals surface area contributed by atoms with E-state index < -0.39 is 12.3 Å². The van der Waals surface area contributed by atoms with Gasteiger partial charge in [0.25, 0.3) is 0 Å². The lowest BCUT2D eigenvalue weighted by Gasteiger charge is -2.23. The molecule has 0 aliphatic carbocycles. The molecule has 22 heavy (non-hydrogen) atoms. The number of rotatable bonds is 4. The first-order valence-electron chi connectivity index (χ1n) is 6.36. The van der Waals surface area contributed by atoms with E-state index in [1.807, 2.05) is 0 Å². The molecule has 116 valence electrons. The lowest BCUT2D eigenvalue weighted by Crippen LogP contribution is -2.46. The van der Waals surface area contributed by atoms with E-state index in [2.05, 4.69) is 0 Å². The van der Waals surface area contributed by atoms with Crippen LogP contribution in [0.3, 0.4) is 0 Å². The van der Waals surface area contributed by atoms with Crippen LogP contribution in [0, 0.1) is 0 Å². The summed E-state index contributed by atoms with van der Waals surface area (Å²) in [7, 11) is 0. The zero-order valence-electron chi connectivity index (χ0n) is 11.4. The number of nitrogens with zero attached hydrogens (tertiary/aromatic N) is 1. The van der Waals surface area contributed by atoms with E-state index in [1.54, 1.807) is 48.5 Å². The van der Waals surface area contributed by atoms with Crippen molar-refractivity contribution in [3.63, 3.8) is 0 Å². The molecule has 0 bridgehead atoms. The molecule has 0 saturated heterocycles. The molecule has 7 heteroatoms. The Labute approximate surface area is 125 Å². The van der Waals surface area contributed by atoms with Crippen LogP contribution >= 0.6 is 0 Å². The minimum absolute atomic E-state index is 0.0407. The number of halogens is 3. The predicted molar refractivity (Wildman–Crippen MR) is 74.7 cm³/mol. The van der Waals surface area contributed by atoms with Crippen molar-refractivity contribution in [1.82, 2.24) is 5.32 Å². The lowest BCUT2D eigenvalue weighted by atomic mass is 10.2. The molecule has 0 unspecified atom stereocenters. The number of amides is 2. The predicted octanol–water partition coefficient (Wildman–Crippen LogP) is 3.85. The van der Waals surface area contributed by atoms with E-state index in [9.17, 15) is 18.0 Å². The largest absolute Gasteiger partial charge is 0.486 e. The molecule has 0 radical (unpaired) electrons. The Kier molecular flexibility index (Phi) is 5.00. The standard InChI is InChI=1S/C15H13F3N2O2/c16-15(17,18)19-14(21)20(13-9-5-2-6-10-13)22-11-12-7-3-1-4-8-12/h1-10H,11H2,(H,19,21). The number of benzene rings is 2. The molecule has 2 rings (SSSR count). The molecule has 2 amide bonds. The van der Waals surface area contributed by atoms with Gasteiger partial charge < -0.3 is 0 Å². The zero-order valence-corrected chi connectivity index (χ0v) is 11.4. The van der Waals surface area contributed by atoms with Gasteiger partial charge >= 0.3 is 12.3 Å². The molecule has 0 fully saturated rings. The molecule has 2 aromatic carbocycles. The molecule has 2 aromatic rings. The van der Waals surface area contributed by atoms with Gasteiger partial charge in [-0.3, -0.25) is 4.84 Å². The second-order valence-electron chi connectivity index (χ2n) is 4.32. The van der Waals surface area contributed by atoms with Crippen LogP contribution < -0.4 is 10.4 Å². The zero-order chi connectivity index (χ0) is 16.0. The maximum Gasteiger partial charge on any atom is 0.486 e. The fourth-order valence-corrected chi connectivity index (χ4v) is 1.70. The molecule has 1 N–H and O–H groups in total. The van der Waals surface area contributed by atoms with Gasteiger partial charge in [0.1, 0.15) is 6.61 Å². The fourth-order valence-electron chi connectivity index (χ4n) is 1.70. The van der Waals surface area contributed by atoms with Crippen LogP contribution in [0.1, 0.15) is 5.56 Å². The third-order valence-electron chi connectivity index (χ3n) is 2.63. The first-order chi connectivity index (χ1) is 10.5. The van der Waals surface area contributed by atoms with Gasteiger partial charge in [0.15, 0.2) is 0 Å². The minimum Gasteiger partial charge on any atom is -0.260 e. The van der Waals surface area contributed by atoms with Crippen LogP contribution in [-0.2, 0) is 11.4 Å². The summed E-state index contributed by atoms with van der Waals surface area (Å²) < 4.78 is 37.0. The summed E-state index contributed by atoms with van der Waals surface area (Å²) >= 11 is 0. The third kappa shape index (κ3) is 4.78. The summed E-state index contributed by atoms with van der Waals surface area (Å²) in [5.74, 6) is 0. The van der Waals surface area contributed by atoms with Crippen LogP contribution in [0.25, 0.3) is 0 Å². The number of anilines is 1. The van der Waals surface area contributed by atoms with E-state index in [-0.39, 0.29) is 12.3 Å². The first-order valence-corrected chi connectivity index (χ1v) is 6.36.